The minimum atomic E-state index is 0.791. The number of rotatable bonds is 2. The maximum Gasteiger partial charge on any atom is 0.0482 e. The number of hydrogen-bond donors (Lipinski definition) is 0. The molecule has 0 unspecified atom stereocenters. The van der Waals surface area contributed by atoms with E-state index in [-0.39, 0.29) is 0 Å². The molecule has 0 radical (unpaired) electrons. The molecule has 1 aromatic heterocycles. The zero-order valence-electron chi connectivity index (χ0n) is 8.33. The van der Waals surface area contributed by atoms with Crippen LogP contribution in [0.15, 0.2) is 30.3 Å². The van der Waals surface area contributed by atoms with Crippen molar-refractivity contribution in [3.8, 4) is 12.3 Å². The van der Waals surface area contributed by atoms with Gasteiger partial charge in [0.2, 0.25) is 0 Å². The van der Waals surface area contributed by atoms with Crippen LogP contribution < -0.4 is 0 Å². The molecule has 1 nitrogen and oxygen atoms in total. The molecule has 0 spiro atoms. The molecule has 0 atom stereocenters. The molecule has 1 heterocycles. The summed E-state index contributed by atoms with van der Waals surface area (Å²) in [7, 11) is 0. The van der Waals surface area contributed by atoms with E-state index in [2.05, 4.69) is 47.7 Å². The smallest absolute Gasteiger partial charge is 0.0482 e. The van der Waals surface area contributed by atoms with Gasteiger partial charge in [0.1, 0.15) is 0 Å². The molecule has 1 aromatic carbocycles. The molecular formula is C13H13N. The van der Waals surface area contributed by atoms with Gasteiger partial charge in [-0.05, 0) is 24.4 Å². The van der Waals surface area contributed by atoms with Crippen molar-refractivity contribution in [3.05, 3.63) is 36.0 Å². The molecule has 2 rings (SSSR count). The third-order valence-electron chi connectivity index (χ3n) is 2.50. The third kappa shape index (κ3) is 1.40. The van der Waals surface area contributed by atoms with Crippen LogP contribution in [0.25, 0.3) is 10.9 Å². The monoisotopic (exact) mass is 183 g/mol. The Morgan fingerprint density at radius 1 is 1.36 bits per heavy atom. The lowest BCUT2D eigenvalue weighted by Crippen LogP contribution is -1.98. The number of fused-ring (bicyclic) bond motifs is 1. The quantitative estimate of drug-likeness (QED) is 0.631. The first-order chi connectivity index (χ1) is 6.83. The first kappa shape index (κ1) is 8.90. The van der Waals surface area contributed by atoms with Gasteiger partial charge in [0, 0.05) is 24.2 Å². The molecule has 0 saturated heterocycles. The lowest BCUT2D eigenvalue weighted by atomic mass is 10.2. The van der Waals surface area contributed by atoms with E-state index in [0.717, 1.165) is 13.0 Å². The Hall–Kier alpha value is -1.68. The summed E-state index contributed by atoms with van der Waals surface area (Å²) >= 11 is 0. The van der Waals surface area contributed by atoms with Crippen molar-refractivity contribution >= 4 is 10.9 Å². The zero-order chi connectivity index (χ0) is 9.97. The molecule has 0 bridgehead atoms. The summed E-state index contributed by atoms with van der Waals surface area (Å²) in [5.74, 6) is 2.68. The molecule has 0 aliphatic rings. The van der Waals surface area contributed by atoms with Crippen LogP contribution in [0.2, 0.25) is 0 Å². The van der Waals surface area contributed by atoms with Crippen LogP contribution in [-0.4, -0.2) is 4.57 Å². The zero-order valence-corrected chi connectivity index (χ0v) is 8.33. The molecule has 14 heavy (non-hydrogen) atoms. The molecular weight excluding hydrogens is 170 g/mol. The first-order valence-electron chi connectivity index (χ1n) is 4.81. The summed E-state index contributed by atoms with van der Waals surface area (Å²) in [5.41, 5.74) is 2.56. The lowest BCUT2D eigenvalue weighted by molar-refractivity contribution is 0.727. The molecule has 1 heteroatoms. The molecule has 70 valence electrons. The van der Waals surface area contributed by atoms with E-state index in [1.165, 1.54) is 16.6 Å². The van der Waals surface area contributed by atoms with Crippen LogP contribution >= 0.6 is 0 Å². The number of aromatic nitrogens is 1. The maximum absolute atomic E-state index is 5.28. The summed E-state index contributed by atoms with van der Waals surface area (Å²) < 4.78 is 2.27. The van der Waals surface area contributed by atoms with Crippen molar-refractivity contribution in [3.63, 3.8) is 0 Å². The standard InChI is InChI=1S/C13H13N/c1-3-4-9-14-11(2)10-12-7-5-6-8-13(12)14/h1,5-8,10H,4,9H2,2H3. The van der Waals surface area contributed by atoms with Gasteiger partial charge in [0.15, 0.2) is 0 Å². The molecule has 0 amide bonds. The van der Waals surface area contributed by atoms with E-state index >= 15 is 0 Å². The Balaban J connectivity index is 2.52. The largest absolute Gasteiger partial charge is 0.344 e. The Morgan fingerprint density at radius 2 is 2.14 bits per heavy atom. The number of terminal acetylenes is 1. The second-order valence-electron chi connectivity index (χ2n) is 3.45. The molecule has 0 fully saturated rings. The molecule has 0 N–H and O–H groups in total. The van der Waals surface area contributed by atoms with Crippen LogP contribution in [0.4, 0.5) is 0 Å². The van der Waals surface area contributed by atoms with E-state index in [1.807, 2.05) is 0 Å². The van der Waals surface area contributed by atoms with Crippen molar-refractivity contribution in [1.82, 2.24) is 4.57 Å². The molecule has 0 aliphatic heterocycles. The number of para-hydroxylation sites is 1. The minimum absolute atomic E-state index is 0.791. The fourth-order valence-electron chi connectivity index (χ4n) is 1.82. The van der Waals surface area contributed by atoms with Crippen molar-refractivity contribution in [2.75, 3.05) is 0 Å². The molecule has 0 aliphatic carbocycles. The van der Waals surface area contributed by atoms with E-state index in [1.54, 1.807) is 0 Å². The Kier molecular flexibility index (Phi) is 2.28. The van der Waals surface area contributed by atoms with Gasteiger partial charge in [0.05, 0.1) is 0 Å². The highest BCUT2D eigenvalue weighted by molar-refractivity contribution is 5.81. The van der Waals surface area contributed by atoms with Gasteiger partial charge in [-0.15, -0.1) is 12.3 Å². The van der Waals surface area contributed by atoms with E-state index in [9.17, 15) is 0 Å². The number of nitrogens with zero attached hydrogens (tertiary/aromatic N) is 1. The Bertz CT molecular complexity index is 485. The van der Waals surface area contributed by atoms with Gasteiger partial charge in [-0.1, -0.05) is 18.2 Å². The number of aryl methyl sites for hydroxylation is 2. The Labute approximate surface area is 84.4 Å². The van der Waals surface area contributed by atoms with Crippen LogP contribution in [0, 0.1) is 19.3 Å². The van der Waals surface area contributed by atoms with E-state index in [0.29, 0.717) is 0 Å². The summed E-state index contributed by atoms with van der Waals surface area (Å²) in [5, 5.41) is 1.29. The Morgan fingerprint density at radius 3 is 2.93 bits per heavy atom. The van der Waals surface area contributed by atoms with Gasteiger partial charge in [-0.25, -0.2) is 0 Å². The highest BCUT2D eigenvalue weighted by Gasteiger charge is 2.02. The minimum Gasteiger partial charge on any atom is -0.344 e. The average Bonchev–Trinajstić information content (AvgIpc) is 2.51. The normalized spacial score (nSPS) is 10.3. The molecule has 0 saturated carbocycles. The van der Waals surface area contributed by atoms with Crippen LogP contribution in [0.5, 0.6) is 0 Å². The fraction of sp³-hybridized carbons (Fsp3) is 0.231. The summed E-state index contributed by atoms with van der Waals surface area (Å²) in [6, 6.07) is 10.6. The highest BCUT2D eigenvalue weighted by Crippen LogP contribution is 2.19. The summed E-state index contributed by atoms with van der Waals surface area (Å²) in [4.78, 5) is 0. The predicted octanol–water partition coefficient (Wildman–Crippen LogP) is 2.97. The van der Waals surface area contributed by atoms with Crippen molar-refractivity contribution < 1.29 is 0 Å². The lowest BCUT2D eigenvalue weighted by Gasteiger charge is -2.04. The predicted molar refractivity (Wildman–Crippen MR) is 60.1 cm³/mol. The van der Waals surface area contributed by atoms with Gasteiger partial charge >= 0.3 is 0 Å². The topological polar surface area (TPSA) is 4.93 Å². The van der Waals surface area contributed by atoms with Gasteiger partial charge < -0.3 is 4.57 Å². The number of hydrogen-bond acceptors (Lipinski definition) is 0. The van der Waals surface area contributed by atoms with Crippen molar-refractivity contribution in [1.29, 1.82) is 0 Å². The third-order valence-corrected chi connectivity index (χ3v) is 2.50. The SMILES string of the molecule is C#CCCn1c(C)cc2ccccc21. The molecule has 2 aromatic rings. The van der Waals surface area contributed by atoms with Crippen molar-refractivity contribution in [2.24, 2.45) is 0 Å². The summed E-state index contributed by atoms with van der Waals surface area (Å²) in [6.45, 7) is 3.03. The van der Waals surface area contributed by atoms with Crippen LogP contribution in [0.1, 0.15) is 12.1 Å². The van der Waals surface area contributed by atoms with Crippen LogP contribution in [0.3, 0.4) is 0 Å². The summed E-state index contributed by atoms with van der Waals surface area (Å²) in [6.07, 6.45) is 6.07. The average molecular weight is 183 g/mol. The maximum atomic E-state index is 5.28. The second-order valence-corrected chi connectivity index (χ2v) is 3.45. The fourth-order valence-corrected chi connectivity index (χ4v) is 1.82. The number of benzene rings is 1. The van der Waals surface area contributed by atoms with Crippen molar-refractivity contribution in [2.45, 2.75) is 19.9 Å². The van der Waals surface area contributed by atoms with E-state index in [4.69, 9.17) is 6.42 Å². The van der Waals surface area contributed by atoms with Gasteiger partial charge in [-0.2, -0.15) is 0 Å². The first-order valence-corrected chi connectivity index (χ1v) is 4.81. The second kappa shape index (κ2) is 3.59. The highest BCUT2D eigenvalue weighted by atomic mass is 15.0. The van der Waals surface area contributed by atoms with Gasteiger partial charge in [0.25, 0.3) is 0 Å². The van der Waals surface area contributed by atoms with E-state index < -0.39 is 0 Å². The van der Waals surface area contributed by atoms with Crippen LogP contribution in [-0.2, 0) is 6.54 Å². The van der Waals surface area contributed by atoms with Gasteiger partial charge in [-0.3, -0.25) is 0 Å².